The average Bonchev–Trinajstić information content (AvgIpc) is 3.26. The van der Waals surface area contributed by atoms with Crippen LogP contribution in [0.2, 0.25) is 0 Å². The average molecular weight is 438 g/mol. The fraction of sp³-hybridized carbons (Fsp3) is 0.450. The number of carbonyl (C=O) groups is 1. The number of benzene rings is 1. The Morgan fingerprint density at radius 1 is 1.21 bits per heavy atom. The maximum Gasteiger partial charge on any atom is 0.243 e. The first kappa shape index (κ1) is 22.1. The summed E-state index contributed by atoms with van der Waals surface area (Å²) in [4.78, 5) is 16.1. The van der Waals surface area contributed by atoms with Gasteiger partial charge in [-0.05, 0) is 37.7 Å². The van der Waals surface area contributed by atoms with Crippen molar-refractivity contribution in [2.45, 2.75) is 10.9 Å². The molecule has 1 N–H and O–H groups in total. The number of thiophene rings is 1. The molecule has 1 aliphatic heterocycles. The van der Waals surface area contributed by atoms with E-state index in [1.807, 2.05) is 25.5 Å². The third-order valence-corrected chi connectivity index (χ3v) is 7.79. The van der Waals surface area contributed by atoms with Gasteiger partial charge in [-0.3, -0.25) is 4.79 Å². The SMILES string of the molecule is CN(C)C(CNCC(=O)c1ccc(S(=O)(=O)N2CCOCC2)cc1)c1cccs1. The number of likely N-dealkylation sites (N-methyl/N-ethyl adjacent to an activating group) is 1. The Morgan fingerprint density at radius 3 is 2.48 bits per heavy atom. The Labute approximate surface area is 176 Å². The number of nitrogens with one attached hydrogen (secondary N) is 1. The van der Waals surface area contributed by atoms with E-state index in [4.69, 9.17) is 4.74 Å². The lowest BCUT2D eigenvalue weighted by Gasteiger charge is -2.26. The highest BCUT2D eigenvalue weighted by Gasteiger charge is 2.26. The van der Waals surface area contributed by atoms with Gasteiger partial charge in [0.15, 0.2) is 5.78 Å². The Hall–Kier alpha value is -1.62. The van der Waals surface area contributed by atoms with Gasteiger partial charge in [-0.2, -0.15) is 4.31 Å². The summed E-state index contributed by atoms with van der Waals surface area (Å²) in [6.45, 7) is 2.37. The summed E-state index contributed by atoms with van der Waals surface area (Å²) in [7, 11) is 0.486. The number of sulfonamides is 1. The topological polar surface area (TPSA) is 79.0 Å². The lowest BCUT2D eigenvalue weighted by molar-refractivity contribution is 0.0730. The second kappa shape index (κ2) is 9.92. The van der Waals surface area contributed by atoms with Gasteiger partial charge in [-0.1, -0.05) is 18.2 Å². The molecule has 29 heavy (non-hydrogen) atoms. The van der Waals surface area contributed by atoms with Crippen molar-refractivity contribution >= 4 is 27.1 Å². The van der Waals surface area contributed by atoms with Crippen molar-refractivity contribution in [1.29, 1.82) is 0 Å². The van der Waals surface area contributed by atoms with Crippen LogP contribution in [0.15, 0.2) is 46.7 Å². The van der Waals surface area contributed by atoms with E-state index in [1.54, 1.807) is 23.5 Å². The molecule has 1 aromatic carbocycles. The lowest BCUT2D eigenvalue weighted by Crippen LogP contribution is -2.40. The largest absolute Gasteiger partial charge is 0.379 e. The number of Topliss-reactive ketones (excluding diaryl/α,β-unsaturated/α-hetero) is 1. The standard InChI is InChI=1S/C20H27N3O4S2/c1-22(2)18(20-4-3-13-28-20)14-21-15-19(24)16-5-7-17(8-6-16)29(25,26)23-9-11-27-12-10-23/h3-8,13,18,21H,9-12,14-15H2,1-2H3. The van der Waals surface area contributed by atoms with Crippen LogP contribution in [0.3, 0.4) is 0 Å². The zero-order chi connectivity index (χ0) is 20.9. The second-order valence-corrected chi connectivity index (χ2v) is 10.0. The van der Waals surface area contributed by atoms with E-state index in [2.05, 4.69) is 16.3 Å². The zero-order valence-corrected chi connectivity index (χ0v) is 18.3. The van der Waals surface area contributed by atoms with E-state index >= 15 is 0 Å². The summed E-state index contributed by atoms with van der Waals surface area (Å²) in [5.74, 6) is -0.0657. The highest BCUT2D eigenvalue weighted by atomic mass is 32.2. The molecule has 3 rings (SSSR count). The van der Waals surface area contributed by atoms with Gasteiger partial charge in [0.25, 0.3) is 0 Å². The Bertz CT molecular complexity index is 890. The zero-order valence-electron chi connectivity index (χ0n) is 16.7. The first-order valence-corrected chi connectivity index (χ1v) is 11.8. The minimum Gasteiger partial charge on any atom is -0.379 e. The first-order valence-electron chi connectivity index (χ1n) is 9.51. The molecule has 2 heterocycles. The van der Waals surface area contributed by atoms with E-state index in [-0.39, 0.29) is 23.3 Å². The van der Waals surface area contributed by atoms with Crippen LogP contribution in [0, 0.1) is 0 Å². The van der Waals surface area contributed by atoms with Crippen LogP contribution in [0.1, 0.15) is 21.3 Å². The van der Waals surface area contributed by atoms with E-state index in [1.165, 1.54) is 21.3 Å². The summed E-state index contributed by atoms with van der Waals surface area (Å²) >= 11 is 1.69. The van der Waals surface area contributed by atoms with Gasteiger partial charge >= 0.3 is 0 Å². The predicted molar refractivity (Wildman–Crippen MR) is 114 cm³/mol. The van der Waals surface area contributed by atoms with E-state index < -0.39 is 10.0 Å². The summed E-state index contributed by atoms with van der Waals surface area (Å²) in [5.41, 5.74) is 0.496. The summed E-state index contributed by atoms with van der Waals surface area (Å²) < 4.78 is 32.0. The van der Waals surface area contributed by atoms with Crippen molar-refractivity contribution in [3.05, 3.63) is 52.2 Å². The van der Waals surface area contributed by atoms with Crippen molar-refractivity contribution in [3.8, 4) is 0 Å². The number of ether oxygens (including phenoxy) is 1. The van der Waals surface area contributed by atoms with Crippen LogP contribution in [0.5, 0.6) is 0 Å². The molecule has 1 atom stereocenters. The van der Waals surface area contributed by atoms with Gasteiger partial charge in [0, 0.05) is 30.1 Å². The van der Waals surface area contributed by atoms with Crippen LogP contribution in [-0.4, -0.2) is 76.9 Å². The Balaban J connectivity index is 1.57. The minimum atomic E-state index is -3.55. The molecule has 0 bridgehead atoms. The fourth-order valence-corrected chi connectivity index (χ4v) is 5.52. The van der Waals surface area contributed by atoms with Gasteiger partial charge in [0.05, 0.1) is 30.7 Å². The first-order chi connectivity index (χ1) is 13.9. The number of hydrogen-bond donors (Lipinski definition) is 1. The number of rotatable bonds is 9. The normalized spacial score (nSPS) is 16.8. The van der Waals surface area contributed by atoms with Crippen LogP contribution < -0.4 is 5.32 Å². The van der Waals surface area contributed by atoms with E-state index in [0.717, 1.165) is 0 Å². The molecule has 0 spiro atoms. The lowest BCUT2D eigenvalue weighted by atomic mass is 10.1. The maximum atomic E-state index is 12.7. The van der Waals surface area contributed by atoms with Crippen molar-refractivity contribution in [2.75, 3.05) is 53.5 Å². The molecule has 1 saturated heterocycles. The highest BCUT2D eigenvalue weighted by Crippen LogP contribution is 2.22. The number of carbonyl (C=O) groups excluding carboxylic acids is 1. The van der Waals surface area contributed by atoms with Crippen LogP contribution in [-0.2, 0) is 14.8 Å². The molecule has 0 aliphatic carbocycles. The molecule has 2 aromatic rings. The van der Waals surface area contributed by atoms with Crippen molar-refractivity contribution in [1.82, 2.24) is 14.5 Å². The Kier molecular flexibility index (Phi) is 7.55. The summed E-state index contributed by atoms with van der Waals surface area (Å²) in [6, 6.07) is 10.5. The van der Waals surface area contributed by atoms with Gasteiger partial charge in [0.1, 0.15) is 0 Å². The molecule has 1 aliphatic rings. The molecule has 1 unspecified atom stereocenters. The highest BCUT2D eigenvalue weighted by molar-refractivity contribution is 7.89. The maximum absolute atomic E-state index is 12.7. The number of nitrogens with zero attached hydrogens (tertiary/aromatic N) is 2. The number of morpholine rings is 1. The van der Waals surface area contributed by atoms with Gasteiger partial charge in [-0.15, -0.1) is 11.3 Å². The molecule has 1 aromatic heterocycles. The number of hydrogen-bond acceptors (Lipinski definition) is 7. The van der Waals surface area contributed by atoms with Crippen molar-refractivity contribution in [3.63, 3.8) is 0 Å². The number of ketones is 1. The molecule has 0 radical (unpaired) electrons. The molecule has 0 amide bonds. The molecule has 7 nitrogen and oxygen atoms in total. The van der Waals surface area contributed by atoms with Crippen LogP contribution in [0.4, 0.5) is 0 Å². The third-order valence-electron chi connectivity index (χ3n) is 4.90. The molecule has 0 saturated carbocycles. The Morgan fingerprint density at radius 2 is 1.90 bits per heavy atom. The van der Waals surface area contributed by atoms with E-state index in [0.29, 0.717) is 38.4 Å². The molecule has 1 fully saturated rings. The summed E-state index contributed by atoms with van der Waals surface area (Å²) in [5, 5.41) is 5.27. The van der Waals surface area contributed by atoms with Crippen LogP contribution >= 0.6 is 11.3 Å². The fourth-order valence-electron chi connectivity index (χ4n) is 3.19. The molecular formula is C20H27N3O4S2. The minimum absolute atomic E-state index is 0.0657. The van der Waals surface area contributed by atoms with Crippen molar-refractivity contribution < 1.29 is 17.9 Å². The quantitative estimate of drug-likeness (QED) is 0.603. The van der Waals surface area contributed by atoms with Crippen LogP contribution in [0.25, 0.3) is 0 Å². The second-order valence-electron chi connectivity index (χ2n) is 7.09. The monoisotopic (exact) mass is 437 g/mol. The molecular weight excluding hydrogens is 410 g/mol. The molecule has 158 valence electrons. The predicted octanol–water partition coefficient (Wildman–Crippen LogP) is 1.84. The van der Waals surface area contributed by atoms with E-state index in [9.17, 15) is 13.2 Å². The van der Waals surface area contributed by atoms with Crippen molar-refractivity contribution in [2.24, 2.45) is 0 Å². The van der Waals surface area contributed by atoms with Gasteiger partial charge in [0.2, 0.25) is 10.0 Å². The van der Waals surface area contributed by atoms with Gasteiger partial charge in [-0.25, -0.2) is 8.42 Å². The smallest absolute Gasteiger partial charge is 0.243 e. The third kappa shape index (κ3) is 5.50. The molecule has 9 heteroatoms. The van der Waals surface area contributed by atoms with Gasteiger partial charge < -0.3 is 15.0 Å². The summed E-state index contributed by atoms with van der Waals surface area (Å²) in [6.07, 6.45) is 0.